The summed E-state index contributed by atoms with van der Waals surface area (Å²) in [6, 6.07) is 9.78. The Morgan fingerprint density at radius 1 is 1.32 bits per heavy atom. The van der Waals surface area contributed by atoms with Crippen molar-refractivity contribution in [3.8, 4) is 0 Å². The normalized spacial score (nSPS) is 11.0. The number of hydrogen-bond acceptors (Lipinski definition) is 3. The van der Waals surface area contributed by atoms with Crippen molar-refractivity contribution in [1.29, 1.82) is 0 Å². The average molecular weight is 257 g/mol. The molecule has 0 aliphatic carbocycles. The minimum absolute atomic E-state index is 0.105. The van der Waals surface area contributed by atoms with E-state index in [1.54, 1.807) is 6.08 Å². The number of carboxylic acid groups (broad SMARTS) is 1. The van der Waals surface area contributed by atoms with E-state index in [4.69, 9.17) is 9.52 Å². The molecule has 2 aromatic rings. The second-order valence-corrected chi connectivity index (χ2v) is 4.09. The quantitative estimate of drug-likeness (QED) is 0.894. The zero-order valence-corrected chi connectivity index (χ0v) is 10.7. The van der Waals surface area contributed by atoms with Gasteiger partial charge in [0.05, 0.1) is 12.1 Å². The molecule has 0 aliphatic rings. The lowest BCUT2D eigenvalue weighted by molar-refractivity contribution is -0.136. The third-order valence-electron chi connectivity index (χ3n) is 2.65. The van der Waals surface area contributed by atoms with Crippen LogP contribution in [0.1, 0.15) is 29.8 Å². The van der Waals surface area contributed by atoms with Gasteiger partial charge in [0.1, 0.15) is 5.76 Å². The molecule has 0 spiro atoms. The standard InChI is InChI=1S/C15H15NO3/c1-2-13-12(10-15(17)18)16-14(19-13)9-8-11-6-4-3-5-7-11/h3-9H,2,10H2,1H3,(H,17,18). The molecule has 1 N–H and O–H groups in total. The Balaban J connectivity index is 2.19. The van der Waals surface area contributed by atoms with Gasteiger partial charge in [0.15, 0.2) is 0 Å². The van der Waals surface area contributed by atoms with E-state index in [2.05, 4.69) is 4.98 Å². The number of carboxylic acids is 1. The van der Waals surface area contributed by atoms with Gasteiger partial charge in [-0.3, -0.25) is 4.79 Å². The molecule has 0 aliphatic heterocycles. The second kappa shape index (κ2) is 6.00. The zero-order valence-electron chi connectivity index (χ0n) is 10.7. The first-order valence-electron chi connectivity index (χ1n) is 6.12. The number of aromatic nitrogens is 1. The van der Waals surface area contributed by atoms with Crippen molar-refractivity contribution in [3.05, 3.63) is 53.2 Å². The Hall–Kier alpha value is -2.36. The molecule has 0 fully saturated rings. The maximum absolute atomic E-state index is 10.7. The van der Waals surface area contributed by atoms with Gasteiger partial charge >= 0.3 is 5.97 Å². The fourth-order valence-corrected chi connectivity index (χ4v) is 1.76. The smallest absolute Gasteiger partial charge is 0.309 e. The van der Waals surface area contributed by atoms with Crippen LogP contribution in [-0.4, -0.2) is 16.1 Å². The molecular formula is C15H15NO3. The maximum Gasteiger partial charge on any atom is 0.309 e. The first-order chi connectivity index (χ1) is 9.19. The Morgan fingerprint density at radius 3 is 2.68 bits per heavy atom. The lowest BCUT2D eigenvalue weighted by Crippen LogP contribution is -2.02. The fourth-order valence-electron chi connectivity index (χ4n) is 1.76. The number of rotatable bonds is 5. The monoisotopic (exact) mass is 257 g/mol. The van der Waals surface area contributed by atoms with E-state index < -0.39 is 5.97 Å². The van der Waals surface area contributed by atoms with Gasteiger partial charge in [0.25, 0.3) is 0 Å². The predicted octanol–water partition coefficient (Wildman–Crippen LogP) is 3.03. The largest absolute Gasteiger partial charge is 0.481 e. The average Bonchev–Trinajstić information content (AvgIpc) is 2.79. The van der Waals surface area contributed by atoms with Crippen molar-refractivity contribution in [3.63, 3.8) is 0 Å². The molecule has 4 nitrogen and oxygen atoms in total. The van der Waals surface area contributed by atoms with Gasteiger partial charge in [-0.25, -0.2) is 4.98 Å². The topological polar surface area (TPSA) is 63.3 Å². The number of carbonyl (C=O) groups is 1. The predicted molar refractivity (Wildman–Crippen MR) is 72.6 cm³/mol. The summed E-state index contributed by atoms with van der Waals surface area (Å²) in [4.78, 5) is 14.9. The van der Waals surface area contributed by atoms with E-state index in [0.717, 1.165) is 5.56 Å². The molecular weight excluding hydrogens is 242 g/mol. The van der Waals surface area contributed by atoms with Crippen molar-refractivity contribution >= 4 is 18.1 Å². The summed E-state index contributed by atoms with van der Waals surface area (Å²) in [7, 11) is 0. The van der Waals surface area contributed by atoms with Crippen molar-refractivity contribution in [2.45, 2.75) is 19.8 Å². The van der Waals surface area contributed by atoms with Crippen LogP contribution in [0.3, 0.4) is 0 Å². The van der Waals surface area contributed by atoms with Gasteiger partial charge < -0.3 is 9.52 Å². The van der Waals surface area contributed by atoms with Gasteiger partial charge in [-0.15, -0.1) is 0 Å². The van der Waals surface area contributed by atoms with E-state index >= 15 is 0 Å². The SMILES string of the molecule is CCc1oc(C=Cc2ccccc2)nc1CC(=O)O. The zero-order chi connectivity index (χ0) is 13.7. The van der Waals surface area contributed by atoms with Gasteiger partial charge in [0, 0.05) is 12.5 Å². The number of nitrogens with zero attached hydrogens (tertiary/aromatic N) is 1. The van der Waals surface area contributed by atoms with Crippen LogP contribution in [0.25, 0.3) is 12.2 Å². The summed E-state index contributed by atoms with van der Waals surface area (Å²) in [5, 5.41) is 8.80. The Labute approximate surface area is 111 Å². The van der Waals surface area contributed by atoms with Crippen molar-refractivity contribution in [1.82, 2.24) is 4.98 Å². The molecule has 0 atom stereocenters. The highest BCUT2D eigenvalue weighted by molar-refractivity contribution is 5.70. The molecule has 0 unspecified atom stereocenters. The molecule has 4 heteroatoms. The summed E-state index contributed by atoms with van der Waals surface area (Å²) < 4.78 is 5.53. The molecule has 1 aromatic heterocycles. The van der Waals surface area contributed by atoms with Crippen LogP contribution in [0.4, 0.5) is 0 Å². The van der Waals surface area contributed by atoms with E-state index in [-0.39, 0.29) is 6.42 Å². The lowest BCUT2D eigenvalue weighted by Gasteiger charge is -1.91. The Morgan fingerprint density at radius 2 is 2.05 bits per heavy atom. The van der Waals surface area contributed by atoms with E-state index in [1.165, 1.54) is 0 Å². The summed E-state index contributed by atoms with van der Waals surface area (Å²) in [6.45, 7) is 1.91. The van der Waals surface area contributed by atoms with Gasteiger partial charge in [-0.05, 0) is 11.6 Å². The number of hydrogen-bond donors (Lipinski definition) is 1. The number of oxazole rings is 1. The van der Waals surface area contributed by atoms with E-state index in [0.29, 0.717) is 23.8 Å². The van der Waals surface area contributed by atoms with Crippen molar-refractivity contribution in [2.75, 3.05) is 0 Å². The minimum atomic E-state index is -0.901. The fraction of sp³-hybridized carbons (Fsp3) is 0.200. The second-order valence-electron chi connectivity index (χ2n) is 4.09. The summed E-state index contributed by atoms with van der Waals surface area (Å²) in [6.07, 6.45) is 4.16. The molecule has 98 valence electrons. The molecule has 1 aromatic carbocycles. The Bertz CT molecular complexity index is 585. The summed E-state index contributed by atoms with van der Waals surface area (Å²) in [5.74, 6) is 0.175. The molecule has 0 radical (unpaired) electrons. The van der Waals surface area contributed by atoms with Crippen molar-refractivity contribution < 1.29 is 14.3 Å². The molecule has 0 saturated carbocycles. The maximum atomic E-state index is 10.7. The summed E-state index contributed by atoms with van der Waals surface area (Å²) in [5.41, 5.74) is 1.54. The van der Waals surface area contributed by atoms with E-state index in [1.807, 2.05) is 43.3 Å². The highest BCUT2D eigenvalue weighted by atomic mass is 16.4. The molecule has 0 amide bonds. The molecule has 0 saturated heterocycles. The van der Waals surface area contributed by atoms with Crippen molar-refractivity contribution in [2.24, 2.45) is 0 Å². The van der Waals surface area contributed by atoms with Gasteiger partial charge in [0.2, 0.25) is 5.89 Å². The Kier molecular flexibility index (Phi) is 4.13. The first-order valence-corrected chi connectivity index (χ1v) is 6.12. The third-order valence-corrected chi connectivity index (χ3v) is 2.65. The van der Waals surface area contributed by atoms with Crippen LogP contribution in [0, 0.1) is 0 Å². The number of aliphatic carboxylic acids is 1. The molecule has 2 rings (SSSR count). The van der Waals surface area contributed by atoms with Crippen LogP contribution >= 0.6 is 0 Å². The lowest BCUT2D eigenvalue weighted by atomic mass is 10.2. The highest BCUT2D eigenvalue weighted by Crippen LogP contribution is 2.15. The van der Waals surface area contributed by atoms with Crippen LogP contribution in [-0.2, 0) is 17.6 Å². The van der Waals surface area contributed by atoms with Crippen LogP contribution < -0.4 is 0 Å². The van der Waals surface area contributed by atoms with E-state index in [9.17, 15) is 4.79 Å². The first kappa shape index (κ1) is 13.1. The number of aryl methyl sites for hydroxylation is 1. The van der Waals surface area contributed by atoms with Crippen LogP contribution in [0.5, 0.6) is 0 Å². The third kappa shape index (κ3) is 3.55. The highest BCUT2D eigenvalue weighted by Gasteiger charge is 2.13. The summed E-state index contributed by atoms with van der Waals surface area (Å²) >= 11 is 0. The van der Waals surface area contributed by atoms with Crippen LogP contribution in [0.2, 0.25) is 0 Å². The molecule has 0 bridgehead atoms. The number of benzene rings is 1. The van der Waals surface area contributed by atoms with Gasteiger partial charge in [-0.2, -0.15) is 0 Å². The molecule has 1 heterocycles. The minimum Gasteiger partial charge on any atom is -0.481 e. The van der Waals surface area contributed by atoms with Crippen LogP contribution in [0.15, 0.2) is 34.7 Å². The van der Waals surface area contributed by atoms with Gasteiger partial charge in [-0.1, -0.05) is 37.3 Å². The molecule has 19 heavy (non-hydrogen) atoms.